The zero-order chi connectivity index (χ0) is 28.8. The number of sulfone groups is 1. The summed E-state index contributed by atoms with van der Waals surface area (Å²) in [6.45, 7) is 1.67. The van der Waals surface area contributed by atoms with Crippen molar-refractivity contribution in [2.24, 2.45) is 5.92 Å². The van der Waals surface area contributed by atoms with Crippen LogP contribution in [0.3, 0.4) is 0 Å². The van der Waals surface area contributed by atoms with Crippen LogP contribution in [0.1, 0.15) is 44.7 Å². The summed E-state index contributed by atoms with van der Waals surface area (Å²) in [6, 6.07) is 1.60. The Morgan fingerprint density at radius 3 is 2.47 bits per heavy atom. The Labute approximate surface area is 222 Å². The summed E-state index contributed by atoms with van der Waals surface area (Å²) < 4.78 is 102. The minimum absolute atomic E-state index is 0.0393. The zero-order valence-corrected chi connectivity index (χ0v) is 22.4. The molecule has 0 radical (unpaired) electrons. The average Bonchev–Trinajstić information content (AvgIpc) is 3.19. The number of alkyl halides is 5. The van der Waals surface area contributed by atoms with Gasteiger partial charge in [0.2, 0.25) is 21.7 Å². The fourth-order valence-electron chi connectivity index (χ4n) is 4.31. The van der Waals surface area contributed by atoms with Gasteiger partial charge >= 0.3 is 11.9 Å². The molecule has 7 nitrogen and oxygen atoms in total. The van der Waals surface area contributed by atoms with Crippen molar-refractivity contribution in [3.05, 3.63) is 34.6 Å². The van der Waals surface area contributed by atoms with Gasteiger partial charge < -0.3 is 10.2 Å². The molecule has 0 aliphatic carbocycles. The monoisotopic (exact) mass is 593 g/mol. The first-order valence-corrected chi connectivity index (χ1v) is 13.9. The van der Waals surface area contributed by atoms with Crippen LogP contribution in [-0.4, -0.2) is 79.9 Å². The third kappa shape index (κ3) is 9.30. The molecule has 0 aromatic heterocycles. The fourth-order valence-corrected chi connectivity index (χ4v) is 5.25. The van der Waals surface area contributed by atoms with Crippen LogP contribution in [0.15, 0.2) is 18.2 Å². The molecule has 0 bridgehead atoms. The second-order valence-electron chi connectivity index (χ2n) is 9.49. The van der Waals surface area contributed by atoms with Crippen LogP contribution in [0.2, 0.25) is 5.02 Å². The van der Waals surface area contributed by atoms with E-state index in [2.05, 4.69) is 5.32 Å². The van der Waals surface area contributed by atoms with E-state index >= 15 is 0 Å². The highest BCUT2D eigenvalue weighted by Crippen LogP contribution is 2.32. The van der Waals surface area contributed by atoms with E-state index in [1.54, 1.807) is 13.8 Å². The van der Waals surface area contributed by atoms with Gasteiger partial charge in [0.15, 0.2) is 0 Å². The van der Waals surface area contributed by atoms with Gasteiger partial charge in [0, 0.05) is 31.1 Å². The van der Waals surface area contributed by atoms with Gasteiger partial charge in [0.05, 0.1) is 17.3 Å². The van der Waals surface area contributed by atoms with Crippen molar-refractivity contribution in [3.63, 3.8) is 0 Å². The molecule has 1 aromatic rings. The third-order valence-electron chi connectivity index (χ3n) is 5.92. The van der Waals surface area contributed by atoms with E-state index in [1.165, 1.54) is 12.1 Å². The molecule has 1 N–H and O–H groups in total. The first-order chi connectivity index (χ1) is 17.5. The summed E-state index contributed by atoms with van der Waals surface area (Å²) in [5, 5.41) is 2.12. The molecule has 2 rings (SSSR count). The third-order valence-corrected chi connectivity index (χ3v) is 7.72. The second-order valence-corrected chi connectivity index (χ2v) is 12.0. The maximum atomic E-state index is 14.3. The number of rotatable bonds is 12. The van der Waals surface area contributed by atoms with Crippen LogP contribution in [-0.2, 0) is 19.4 Å². The van der Waals surface area contributed by atoms with Crippen molar-refractivity contribution in [1.82, 2.24) is 15.1 Å². The van der Waals surface area contributed by atoms with E-state index in [4.69, 9.17) is 11.6 Å². The summed E-state index contributed by atoms with van der Waals surface area (Å²) in [5.74, 6) is -7.54. The predicted octanol–water partition coefficient (Wildman–Crippen LogP) is 4.18. The van der Waals surface area contributed by atoms with Crippen molar-refractivity contribution >= 4 is 33.3 Å². The van der Waals surface area contributed by atoms with E-state index in [-0.39, 0.29) is 31.5 Å². The number of nitrogens with zero attached hydrogens (tertiary/aromatic N) is 2. The molecule has 15 heteroatoms. The molecule has 1 saturated heterocycles. The van der Waals surface area contributed by atoms with Gasteiger partial charge in [0.1, 0.15) is 11.9 Å². The predicted molar refractivity (Wildman–Crippen MR) is 129 cm³/mol. The number of benzene rings is 1. The van der Waals surface area contributed by atoms with E-state index in [9.17, 15) is 44.3 Å². The lowest BCUT2D eigenvalue weighted by Crippen LogP contribution is -2.46. The number of carbonyl (C=O) groups is 2. The molecule has 2 amide bonds. The van der Waals surface area contributed by atoms with Crippen molar-refractivity contribution in [2.75, 3.05) is 31.9 Å². The number of carbonyl (C=O) groups excluding carboxylic acids is 2. The first-order valence-electron chi connectivity index (χ1n) is 11.8. The minimum atomic E-state index is -4.78. The zero-order valence-electron chi connectivity index (χ0n) is 20.8. The highest BCUT2D eigenvalue weighted by atomic mass is 35.5. The Bertz CT molecular complexity index is 1090. The van der Waals surface area contributed by atoms with Crippen LogP contribution in [0.5, 0.6) is 0 Å². The van der Waals surface area contributed by atoms with E-state index in [0.717, 1.165) is 15.9 Å². The highest BCUT2D eigenvalue weighted by molar-refractivity contribution is 7.91. The molecule has 2 atom stereocenters. The van der Waals surface area contributed by atoms with E-state index in [0.29, 0.717) is 0 Å². The lowest BCUT2D eigenvalue weighted by Gasteiger charge is -2.33. The maximum Gasteiger partial charge on any atom is 0.401 e. The smallest absolute Gasteiger partial charge is 0.352 e. The molecular weight excluding hydrogens is 564 g/mol. The molecule has 0 saturated carbocycles. The summed E-state index contributed by atoms with van der Waals surface area (Å²) in [6.07, 6.45) is -4.93. The lowest BCUT2D eigenvalue weighted by atomic mass is 9.99. The van der Waals surface area contributed by atoms with Gasteiger partial charge in [-0.1, -0.05) is 23.7 Å². The molecule has 2 unspecified atom stereocenters. The summed E-state index contributed by atoms with van der Waals surface area (Å²) >= 11 is 6.12. The summed E-state index contributed by atoms with van der Waals surface area (Å²) in [7, 11) is -4.78. The van der Waals surface area contributed by atoms with Crippen LogP contribution in [0.25, 0.3) is 0 Å². The number of likely N-dealkylation sites (tertiary alicyclic amines) is 1. The number of halogens is 7. The lowest BCUT2D eigenvalue weighted by molar-refractivity contribution is -0.144. The Kier molecular flexibility index (Phi) is 11.3. The maximum absolute atomic E-state index is 14.3. The quantitative estimate of drug-likeness (QED) is 0.368. The molecule has 0 spiro atoms. The standard InChI is InChI=1S/C23H30ClF6N3O4S/c1-14(2)31-21(35)20(16-5-3-6-17(25)19(16)24)33(8-4-10-38(36,37)22(26)27)18(34)11-15-7-9-32(12-15)13-23(28,29)30/h3,5-6,14-15,20,22H,4,7-13H2,1-2H3,(H,31,35). The van der Waals surface area contributed by atoms with Crippen LogP contribution in [0.4, 0.5) is 26.3 Å². The minimum Gasteiger partial charge on any atom is -0.352 e. The van der Waals surface area contributed by atoms with Crippen LogP contribution < -0.4 is 5.32 Å². The largest absolute Gasteiger partial charge is 0.401 e. The molecule has 1 heterocycles. The van der Waals surface area contributed by atoms with Gasteiger partial charge in [-0.3, -0.25) is 14.5 Å². The molecule has 38 heavy (non-hydrogen) atoms. The second kappa shape index (κ2) is 13.3. The number of hydrogen-bond donors (Lipinski definition) is 1. The van der Waals surface area contributed by atoms with Gasteiger partial charge in [-0.15, -0.1) is 0 Å². The highest BCUT2D eigenvalue weighted by Gasteiger charge is 2.38. The molecule has 1 fully saturated rings. The van der Waals surface area contributed by atoms with Crippen molar-refractivity contribution in [2.45, 2.75) is 57.1 Å². The number of amides is 2. The SMILES string of the molecule is CC(C)NC(=O)C(c1cccc(F)c1Cl)N(CCCS(=O)(=O)C(F)F)C(=O)CC1CCN(CC(F)(F)F)C1. The average molecular weight is 594 g/mol. The number of hydrogen-bond acceptors (Lipinski definition) is 5. The molecular formula is C23H30ClF6N3O4S. The summed E-state index contributed by atoms with van der Waals surface area (Å²) in [5.41, 5.74) is -0.111. The summed E-state index contributed by atoms with van der Waals surface area (Å²) in [4.78, 5) is 28.8. The van der Waals surface area contributed by atoms with Crippen LogP contribution in [0, 0.1) is 11.7 Å². The number of nitrogens with one attached hydrogen (secondary N) is 1. The van der Waals surface area contributed by atoms with Crippen LogP contribution >= 0.6 is 11.6 Å². The Balaban J connectivity index is 2.38. The Hall–Kier alpha value is -2.06. The Morgan fingerprint density at radius 2 is 1.89 bits per heavy atom. The normalized spacial score (nSPS) is 17.7. The van der Waals surface area contributed by atoms with E-state index in [1.807, 2.05) is 0 Å². The van der Waals surface area contributed by atoms with Gasteiger partial charge in [-0.2, -0.15) is 22.0 Å². The molecule has 1 aliphatic heterocycles. The van der Waals surface area contributed by atoms with Gasteiger partial charge in [-0.05, 0) is 45.2 Å². The van der Waals surface area contributed by atoms with Crippen molar-refractivity contribution < 1.29 is 44.3 Å². The first kappa shape index (κ1) is 32.2. The molecule has 1 aromatic carbocycles. The molecule has 1 aliphatic rings. The topological polar surface area (TPSA) is 86.8 Å². The van der Waals surface area contributed by atoms with Crippen molar-refractivity contribution in [3.8, 4) is 0 Å². The van der Waals surface area contributed by atoms with Gasteiger partial charge in [-0.25, -0.2) is 12.8 Å². The van der Waals surface area contributed by atoms with E-state index < -0.39 is 87.7 Å². The molecule has 216 valence electrons. The fraction of sp³-hybridized carbons (Fsp3) is 0.652. The van der Waals surface area contributed by atoms with Crippen molar-refractivity contribution in [1.29, 1.82) is 0 Å². The van der Waals surface area contributed by atoms with Gasteiger partial charge in [0.25, 0.3) is 0 Å². The Morgan fingerprint density at radius 1 is 1.24 bits per heavy atom.